The number of rotatable bonds is 0. The van der Waals surface area contributed by atoms with E-state index in [-0.39, 0.29) is 5.11 Å². The topological polar surface area (TPSA) is 98.2 Å². The first-order valence-electron chi connectivity index (χ1n) is 1.98. The summed E-state index contributed by atoms with van der Waals surface area (Å²) in [4.78, 5) is 0. The molecule has 0 saturated heterocycles. The second kappa shape index (κ2) is 3.08. The normalized spacial score (nSPS) is 10.4. The van der Waals surface area contributed by atoms with E-state index in [2.05, 4.69) is 24.4 Å². The predicted octanol–water partition coefficient (Wildman–Crippen LogP) is -1.61. The number of hydrogen-bond donors (Lipinski definition) is 3. The molecule has 0 saturated carbocycles. The highest BCUT2D eigenvalue weighted by atomic mass is 32.2. The lowest BCUT2D eigenvalue weighted by Gasteiger charge is -2.01. The van der Waals surface area contributed by atoms with Crippen LogP contribution in [0.4, 0.5) is 0 Å². The minimum Gasteiger partial charge on any atom is -0.379 e. The van der Waals surface area contributed by atoms with E-state index in [9.17, 15) is 8.42 Å². The van der Waals surface area contributed by atoms with Crippen molar-refractivity contribution in [1.82, 2.24) is 4.72 Å². The van der Waals surface area contributed by atoms with Crippen LogP contribution in [0.3, 0.4) is 0 Å². The number of thiocarbonyl (C=S) groups is 2. The first kappa shape index (κ1) is 9.53. The van der Waals surface area contributed by atoms with Gasteiger partial charge in [-0.05, 0) is 24.4 Å². The molecule has 10 heavy (non-hydrogen) atoms. The van der Waals surface area contributed by atoms with Crippen LogP contribution >= 0.6 is 24.4 Å². The van der Waals surface area contributed by atoms with Crippen molar-refractivity contribution >= 4 is 43.9 Å². The zero-order valence-electron chi connectivity index (χ0n) is 4.70. The molecule has 58 valence electrons. The molecule has 0 aliphatic rings. The maximum absolute atomic E-state index is 10.6. The molecule has 8 heteroatoms. The van der Waals surface area contributed by atoms with Crippen molar-refractivity contribution < 1.29 is 8.42 Å². The van der Waals surface area contributed by atoms with Gasteiger partial charge in [-0.3, -0.25) is 4.72 Å². The number of nitrogens with one attached hydrogen (secondary N) is 1. The SMILES string of the molecule is NC(=S)NS(=O)(=O)C(N)=S. The fourth-order valence-electron chi connectivity index (χ4n) is 0.183. The van der Waals surface area contributed by atoms with E-state index in [0.29, 0.717) is 0 Å². The fourth-order valence-corrected chi connectivity index (χ4v) is 1.00. The molecule has 0 spiro atoms. The summed E-state index contributed by atoms with van der Waals surface area (Å²) < 4.78 is 22.2. The average molecular weight is 199 g/mol. The summed E-state index contributed by atoms with van der Waals surface area (Å²) in [5.74, 6) is 0. The Balaban J connectivity index is 4.46. The van der Waals surface area contributed by atoms with E-state index in [1.54, 1.807) is 4.72 Å². The molecule has 0 heterocycles. The van der Waals surface area contributed by atoms with Crippen LogP contribution in [0.5, 0.6) is 0 Å². The van der Waals surface area contributed by atoms with Crippen molar-refractivity contribution in [3.8, 4) is 0 Å². The van der Waals surface area contributed by atoms with Gasteiger partial charge < -0.3 is 11.5 Å². The highest BCUT2D eigenvalue weighted by Crippen LogP contribution is 1.81. The molecular formula is C2H5N3O2S3. The molecular weight excluding hydrogens is 194 g/mol. The van der Waals surface area contributed by atoms with E-state index < -0.39 is 14.3 Å². The quantitative estimate of drug-likeness (QED) is 0.406. The summed E-state index contributed by atoms with van der Waals surface area (Å²) in [5.41, 5.74) is 9.63. The van der Waals surface area contributed by atoms with E-state index in [0.717, 1.165) is 0 Å². The van der Waals surface area contributed by atoms with Gasteiger partial charge in [-0.1, -0.05) is 0 Å². The van der Waals surface area contributed by atoms with Crippen molar-refractivity contribution in [2.45, 2.75) is 0 Å². The minimum absolute atomic E-state index is 0.382. The molecule has 5 nitrogen and oxygen atoms in total. The fraction of sp³-hybridized carbons (Fsp3) is 0. The lowest BCUT2D eigenvalue weighted by molar-refractivity contribution is 0.604. The predicted molar refractivity (Wildman–Crippen MR) is 45.6 cm³/mol. The summed E-state index contributed by atoms with van der Waals surface area (Å²) in [7, 11) is -3.80. The smallest absolute Gasteiger partial charge is 0.289 e. The molecule has 0 amide bonds. The Morgan fingerprint density at radius 3 is 1.80 bits per heavy atom. The monoisotopic (exact) mass is 199 g/mol. The molecule has 5 N–H and O–H groups in total. The largest absolute Gasteiger partial charge is 0.379 e. The second-order valence-electron chi connectivity index (χ2n) is 1.29. The molecule has 0 atom stereocenters. The third-order valence-corrected chi connectivity index (χ3v) is 2.41. The van der Waals surface area contributed by atoms with Crippen LogP contribution in [0.15, 0.2) is 0 Å². The maximum Gasteiger partial charge on any atom is 0.289 e. The van der Waals surface area contributed by atoms with Gasteiger partial charge >= 0.3 is 0 Å². The van der Waals surface area contributed by atoms with Gasteiger partial charge in [0.05, 0.1) is 0 Å². The Kier molecular flexibility index (Phi) is 2.94. The van der Waals surface area contributed by atoms with Gasteiger partial charge in [0.15, 0.2) is 5.11 Å². The summed E-state index contributed by atoms with van der Waals surface area (Å²) in [6.45, 7) is 0. The lowest BCUT2D eigenvalue weighted by atomic mass is 11.3. The van der Waals surface area contributed by atoms with Crippen molar-refractivity contribution in [2.75, 3.05) is 0 Å². The molecule has 0 bridgehead atoms. The standard InChI is InChI=1S/C2H5N3O2S3/c3-1(8)5-10(6,7)2(4)9/h(H2,4,9)(H3,3,5,8). The van der Waals surface area contributed by atoms with Crippen LogP contribution in [0.1, 0.15) is 0 Å². The Morgan fingerprint density at radius 1 is 1.30 bits per heavy atom. The molecule has 0 aliphatic carbocycles. The van der Waals surface area contributed by atoms with Gasteiger partial charge in [-0.15, -0.1) is 0 Å². The molecule has 0 aromatic rings. The Bertz CT molecular complexity index is 255. The van der Waals surface area contributed by atoms with Gasteiger partial charge in [-0.2, -0.15) is 8.42 Å². The summed E-state index contributed by atoms with van der Waals surface area (Å²) in [6, 6.07) is 0. The van der Waals surface area contributed by atoms with E-state index in [1.807, 2.05) is 0 Å². The first-order chi connectivity index (χ1) is 4.36. The molecule has 0 aromatic heterocycles. The molecule has 0 unspecified atom stereocenters. The third kappa shape index (κ3) is 2.90. The van der Waals surface area contributed by atoms with E-state index in [1.165, 1.54) is 0 Å². The van der Waals surface area contributed by atoms with Crippen LogP contribution in [-0.4, -0.2) is 17.9 Å². The van der Waals surface area contributed by atoms with E-state index >= 15 is 0 Å². The van der Waals surface area contributed by atoms with Crippen molar-refractivity contribution in [1.29, 1.82) is 0 Å². The van der Waals surface area contributed by atoms with Crippen molar-refractivity contribution in [3.63, 3.8) is 0 Å². The second-order valence-corrected chi connectivity index (χ2v) is 4.08. The third-order valence-electron chi connectivity index (χ3n) is 0.500. The van der Waals surface area contributed by atoms with Crippen molar-refractivity contribution in [3.05, 3.63) is 0 Å². The number of nitrogens with two attached hydrogens (primary N) is 2. The number of sulfonamides is 1. The van der Waals surface area contributed by atoms with Crippen LogP contribution < -0.4 is 16.2 Å². The Labute approximate surface area is 68.8 Å². The number of hydrogen-bond acceptors (Lipinski definition) is 4. The first-order valence-corrected chi connectivity index (χ1v) is 4.28. The van der Waals surface area contributed by atoms with Gasteiger partial charge in [0.2, 0.25) is 4.32 Å². The molecule has 0 radical (unpaired) electrons. The van der Waals surface area contributed by atoms with Gasteiger partial charge in [0, 0.05) is 0 Å². The van der Waals surface area contributed by atoms with Gasteiger partial charge in [0.25, 0.3) is 10.0 Å². The van der Waals surface area contributed by atoms with Gasteiger partial charge in [-0.25, -0.2) is 0 Å². The molecule has 0 rings (SSSR count). The van der Waals surface area contributed by atoms with Crippen molar-refractivity contribution in [2.24, 2.45) is 11.5 Å². The van der Waals surface area contributed by atoms with Crippen LogP contribution in [-0.2, 0) is 10.0 Å². The van der Waals surface area contributed by atoms with E-state index in [4.69, 9.17) is 11.5 Å². The maximum atomic E-state index is 10.6. The summed E-state index contributed by atoms with van der Waals surface area (Å²) in [6.07, 6.45) is 0. The Hall–Kier alpha value is -0.470. The van der Waals surface area contributed by atoms with Crippen LogP contribution in [0.25, 0.3) is 0 Å². The lowest BCUT2D eigenvalue weighted by Crippen LogP contribution is -2.41. The zero-order valence-corrected chi connectivity index (χ0v) is 7.15. The zero-order chi connectivity index (χ0) is 8.36. The highest BCUT2D eigenvalue weighted by molar-refractivity contribution is 8.16. The minimum atomic E-state index is -3.80. The molecule has 0 aromatic carbocycles. The summed E-state index contributed by atoms with van der Waals surface area (Å²) in [5, 5.41) is -0.382. The average Bonchev–Trinajstić information content (AvgIpc) is 1.60. The van der Waals surface area contributed by atoms with Gasteiger partial charge in [0.1, 0.15) is 0 Å². The molecule has 0 aliphatic heterocycles. The Morgan fingerprint density at radius 2 is 1.70 bits per heavy atom. The van der Waals surface area contributed by atoms with Crippen LogP contribution in [0, 0.1) is 0 Å². The van der Waals surface area contributed by atoms with Crippen LogP contribution in [0.2, 0.25) is 0 Å². The summed E-state index contributed by atoms with van der Waals surface area (Å²) >= 11 is 8.40. The molecule has 0 fully saturated rings. The highest BCUT2D eigenvalue weighted by Gasteiger charge is 2.13.